The molecule has 5 nitrogen and oxygen atoms in total. The summed E-state index contributed by atoms with van der Waals surface area (Å²) in [5.41, 5.74) is 7.35. The SMILES string of the molecule is CCCCN(C)c1nc2ccccc2cc1C(N)=NO. The monoisotopic (exact) mass is 272 g/mol. The van der Waals surface area contributed by atoms with E-state index in [0.29, 0.717) is 5.56 Å². The minimum Gasteiger partial charge on any atom is -0.409 e. The first-order valence-electron chi connectivity index (χ1n) is 6.76. The van der Waals surface area contributed by atoms with Crippen LogP contribution in [0.15, 0.2) is 35.5 Å². The van der Waals surface area contributed by atoms with E-state index in [1.165, 1.54) is 0 Å². The normalized spacial score (nSPS) is 11.8. The van der Waals surface area contributed by atoms with Crippen LogP contribution in [0, 0.1) is 0 Å². The van der Waals surface area contributed by atoms with Crippen molar-refractivity contribution < 1.29 is 5.21 Å². The maximum Gasteiger partial charge on any atom is 0.173 e. The third-order valence-corrected chi connectivity index (χ3v) is 3.30. The van der Waals surface area contributed by atoms with Crippen LogP contribution in [0.4, 0.5) is 5.82 Å². The molecule has 3 N–H and O–H groups in total. The molecule has 0 radical (unpaired) electrons. The first-order valence-corrected chi connectivity index (χ1v) is 6.76. The highest BCUT2D eigenvalue weighted by molar-refractivity contribution is 6.04. The summed E-state index contributed by atoms with van der Waals surface area (Å²) in [5, 5.41) is 13.0. The number of nitrogens with zero attached hydrogens (tertiary/aromatic N) is 3. The van der Waals surface area contributed by atoms with Gasteiger partial charge in [-0.05, 0) is 18.6 Å². The quantitative estimate of drug-likeness (QED) is 0.379. The summed E-state index contributed by atoms with van der Waals surface area (Å²) in [6.07, 6.45) is 2.18. The lowest BCUT2D eigenvalue weighted by atomic mass is 10.1. The number of benzene rings is 1. The zero-order valence-corrected chi connectivity index (χ0v) is 11.9. The molecule has 20 heavy (non-hydrogen) atoms. The summed E-state index contributed by atoms with van der Waals surface area (Å²) >= 11 is 0. The molecule has 0 fully saturated rings. The average molecular weight is 272 g/mol. The Kier molecular flexibility index (Phi) is 4.40. The van der Waals surface area contributed by atoms with Crippen molar-refractivity contribution in [3.05, 3.63) is 35.9 Å². The van der Waals surface area contributed by atoms with Crippen molar-refractivity contribution in [1.29, 1.82) is 0 Å². The first-order chi connectivity index (χ1) is 9.67. The summed E-state index contributed by atoms with van der Waals surface area (Å²) in [6.45, 7) is 3.03. The number of oxime groups is 1. The van der Waals surface area contributed by atoms with Crippen LogP contribution in [0.2, 0.25) is 0 Å². The van der Waals surface area contributed by atoms with E-state index in [4.69, 9.17) is 10.9 Å². The van der Waals surface area contributed by atoms with Gasteiger partial charge in [0.25, 0.3) is 0 Å². The molecule has 5 heteroatoms. The van der Waals surface area contributed by atoms with Crippen LogP contribution in [-0.2, 0) is 0 Å². The molecule has 0 aliphatic heterocycles. The van der Waals surface area contributed by atoms with Gasteiger partial charge in [-0.3, -0.25) is 0 Å². The number of anilines is 1. The number of fused-ring (bicyclic) bond motifs is 1. The number of pyridine rings is 1. The first kappa shape index (κ1) is 14.1. The van der Waals surface area contributed by atoms with Gasteiger partial charge in [0.1, 0.15) is 5.82 Å². The van der Waals surface area contributed by atoms with Crippen LogP contribution < -0.4 is 10.6 Å². The maximum absolute atomic E-state index is 8.96. The third kappa shape index (κ3) is 2.82. The number of nitrogens with two attached hydrogens (primary N) is 1. The Labute approximate surface area is 118 Å². The summed E-state index contributed by atoms with van der Waals surface area (Å²) < 4.78 is 0. The van der Waals surface area contributed by atoms with Crippen molar-refractivity contribution in [3.8, 4) is 0 Å². The molecule has 2 aromatic rings. The Hall–Kier alpha value is -2.30. The van der Waals surface area contributed by atoms with E-state index in [1.54, 1.807) is 0 Å². The Bertz CT molecular complexity index is 624. The molecule has 0 amide bonds. The molecule has 0 saturated carbocycles. The van der Waals surface area contributed by atoms with E-state index in [-0.39, 0.29) is 5.84 Å². The molecular weight excluding hydrogens is 252 g/mol. The number of hydrogen-bond acceptors (Lipinski definition) is 4. The van der Waals surface area contributed by atoms with Crippen LogP contribution in [0.5, 0.6) is 0 Å². The summed E-state index contributed by atoms with van der Waals surface area (Å²) in [7, 11) is 1.97. The zero-order valence-electron chi connectivity index (χ0n) is 11.9. The average Bonchev–Trinajstić information content (AvgIpc) is 2.50. The van der Waals surface area contributed by atoms with Gasteiger partial charge in [-0.15, -0.1) is 0 Å². The standard InChI is InChI=1S/C15H20N4O/c1-3-4-9-19(2)15-12(14(16)18-20)10-11-7-5-6-8-13(11)17-15/h5-8,10,20H,3-4,9H2,1-2H3,(H2,16,18). The van der Waals surface area contributed by atoms with Gasteiger partial charge in [-0.2, -0.15) is 0 Å². The Morgan fingerprint density at radius 2 is 2.15 bits per heavy atom. The Morgan fingerprint density at radius 3 is 2.85 bits per heavy atom. The molecule has 0 spiro atoms. The highest BCUT2D eigenvalue weighted by Gasteiger charge is 2.14. The van der Waals surface area contributed by atoms with Gasteiger partial charge >= 0.3 is 0 Å². The van der Waals surface area contributed by atoms with Crippen LogP contribution in [0.25, 0.3) is 10.9 Å². The zero-order chi connectivity index (χ0) is 14.5. The molecule has 1 aromatic heterocycles. The van der Waals surface area contributed by atoms with Crippen molar-refractivity contribution in [1.82, 2.24) is 4.98 Å². The van der Waals surface area contributed by atoms with Gasteiger partial charge in [-0.25, -0.2) is 4.98 Å². The van der Waals surface area contributed by atoms with Crippen molar-refractivity contribution >= 4 is 22.6 Å². The molecule has 1 heterocycles. The molecule has 106 valence electrons. The number of hydrogen-bond donors (Lipinski definition) is 2. The largest absolute Gasteiger partial charge is 0.409 e. The van der Waals surface area contributed by atoms with Gasteiger partial charge < -0.3 is 15.8 Å². The number of para-hydroxylation sites is 1. The van der Waals surface area contributed by atoms with E-state index in [1.807, 2.05) is 42.3 Å². The van der Waals surface area contributed by atoms with Gasteiger partial charge in [0, 0.05) is 19.0 Å². The van der Waals surface area contributed by atoms with Crippen LogP contribution in [0.1, 0.15) is 25.3 Å². The number of rotatable bonds is 5. The minimum absolute atomic E-state index is 0.0848. The molecule has 0 unspecified atom stereocenters. The fraction of sp³-hybridized carbons (Fsp3) is 0.333. The lowest BCUT2D eigenvalue weighted by Crippen LogP contribution is -2.25. The Balaban J connectivity index is 2.54. The molecule has 0 saturated heterocycles. The smallest absolute Gasteiger partial charge is 0.173 e. The van der Waals surface area contributed by atoms with Gasteiger partial charge in [0.15, 0.2) is 5.84 Å². The van der Waals surface area contributed by atoms with E-state index in [9.17, 15) is 0 Å². The molecule has 2 rings (SSSR count). The summed E-state index contributed by atoms with van der Waals surface area (Å²) in [6, 6.07) is 9.74. The number of amidine groups is 1. The van der Waals surface area contributed by atoms with Crippen molar-refractivity contribution in [2.75, 3.05) is 18.5 Å². The Morgan fingerprint density at radius 1 is 1.40 bits per heavy atom. The van der Waals surface area contributed by atoms with Gasteiger partial charge in [-0.1, -0.05) is 36.7 Å². The molecular formula is C15H20N4O. The van der Waals surface area contributed by atoms with Crippen molar-refractivity contribution in [2.45, 2.75) is 19.8 Å². The molecule has 0 aliphatic carbocycles. The van der Waals surface area contributed by atoms with Crippen LogP contribution in [-0.4, -0.2) is 29.6 Å². The number of unbranched alkanes of at least 4 members (excludes halogenated alkanes) is 1. The molecule has 1 aromatic carbocycles. The maximum atomic E-state index is 8.96. The van der Waals surface area contributed by atoms with Crippen LogP contribution >= 0.6 is 0 Å². The summed E-state index contributed by atoms with van der Waals surface area (Å²) in [4.78, 5) is 6.70. The van der Waals surface area contributed by atoms with Gasteiger partial charge in [0.05, 0.1) is 11.1 Å². The lowest BCUT2D eigenvalue weighted by Gasteiger charge is -2.21. The predicted octanol–water partition coefficient (Wildman–Crippen LogP) is 2.57. The second kappa shape index (κ2) is 6.23. The molecule has 0 atom stereocenters. The fourth-order valence-corrected chi connectivity index (χ4v) is 2.14. The van der Waals surface area contributed by atoms with Crippen molar-refractivity contribution in [3.63, 3.8) is 0 Å². The van der Waals surface area contributed by atoms with E-state index in [2.05, 4.69) is 17.1 Å². The van der Waals surface area contributed by atoms with E-state index in [0.717, 1.165) is 36.1 Å². The topological polar surface area (TPSA) is 74.7 Å². The van der Waals surface area contributed by atoms with Gasteiger partial charge in [0.2, 0.25) is 0 Å². The highest BCUT2D eigenvalue weighted by Crippen LogP contribution is 2.23. The molecule has 0 bridgehead atoms. The molecule has 0 aliphatic rings. The second-order valence-electron chi connectivity index (χ2n) is 4.81. The third-order valence-electron chi connectivity index (χ3n) is 3.30. The van der Waals surface area contributed by atoms with E-state index >= 15 is 0 Å². The van der Waals surface area contributed by atoms with Crippen molar-refractivity contribution in [2.24, 2.45) is 10.9 Å². The lowest BCUT2D eigenvalue weighted by molar-refractivity contribution is 0.318. The fourth-order valence-electron chi connectivity index (χ4n) is 2.14. The predicted molar refractivity (Wildman–Crippen MR) is 82.4 cm³/mol. The minimum atomic E-state index is 0.0848. The highest BCUT2D eigenvalue weighted by atomic mass is 16.4. The van der Waals surface area contributed by atoms with Crippen LogP contribution in [0.3, 0.4) is 0 Å². The summed E-state index contributed by atoms with van der Waals surface area (Å²) in [5.74, 6) is 0.828. The second-order valence-corrected chi connectivity index (χ2v) is 4.81. The van der Waals surface area contributed by atoms with E-state index < -0.39 is 0 Å². The number of aromatic nitrogens is 1.